The van der Waals surface area contributed by atoms with Crippen molar-refractivity contribution in [3.8, 4) is 11.5 Å². The van der Waals surface area contributed by atoms with Gasteiger partial charge in [-0.05, 0) is 23.6 Å². The maximum absolute atomic E-state index is 6.51. The van der Waals surface area contributed by atoms with E-state index >= 15 is 0 Å². The van der Waals surface area contributed by atoms with Crippen LogP contribution in [0.2, 0.25) is 5.02 Å². The maximum atomic E-state index is 6.51. The van der Waals surface area contributed by atoms with Crippen LogP contribution in [0, 0.1) is 0 Å². The van der Waals surface area contributed by atoms with E-state index < -0.39 is 0 Å². The normalized spacial score (nSPS) is 12.2. The smallest absolute Gasteiger partial charge is 0.127 e. The molecule has 1 aromatic carbocycles. The maximum Gasteiger partial charge on any atom is 0.127 e. The molecule has 0 radical (unpaired) electrons. The van der Waals surface area contributed by atoms with E-state index in [2.05, 4.69) is 0 Å². The predicted molar refractivity (Wildman–Crippen MR) is 76.6 cm³/mol. The van der Waals surface area contributed by atoms with Crippen LogP contribution in [0.5, 0.6) is 11.5 Å². The molecule has 0 fully saturated rings. The SMILES string of the molecule is COc1cccc(OC)c1C(Cl)c1sccc1Cl. The Morgan fingerprint density at radius 2 is 1.72 bits per heavy atom. The molecular formula is C13H12Cl2O2S. The van der Waals surface area contributed by atoms with Crippen LogP contribution in [0.1, 0.15) is 15.8 Å². The molecule has 1 aromatic heterocycles. The highest BCUT2D eigenvalue weighted by Gasteiger charge is 2.23. The van der Waals surface area contributed by atoms with Crippen molar-refractivity contribution in [3.63, 3.8) is 0 Å². The van der Waals surface area contributed by atoms with E-state index in [-0.39, 0.29) is 5.38 Å². The molecule has 0 aliphatic heterocycles. The van der Waals surface area contributed by atoms with E-state index in [0.717, 1.165) is 10.4 Å². The van der Waals surface area contributed by atoms with Crippen molar-refractivity contribution in [1.29, 1.82) is 0 Å². The quantitative estimate of drug-likeness (QED) is 0.759. The fraction of sp³-hybridized carbons (Fsp3) is 0.231. The van der Waals surface area contributed by atoms with Crippen LogP contribution < -0.4 is 9.47 Å². The number of halogens is 2. The number of hydrogen-bond acceptors (Lipinski definition) is 3. The Hall–Kier alpha value is -0.900. The van der Waals surface area contributed by atoms with Gasteiger partial charge in [-0.1, -0.05) is 17.7 Å². The largest absolute Gasteiger partial charge is 0.496 e. The molecule has 2 rings (SSSR count). The van der Waals surface area contributed by atoms with Crippen molar-refractivity contribution in [3.05, 3.63) is 45.1 Å². The van der Waals surface area contributed by atoms with Crippen LogP contribution in [0.4, 0.5) is 0 Å². The van der Waals surface area contributed by atoms with Gasteiger partial charge in [0.05, 0.1) is 24.8 Å². The highest BCUT2D eigenvalue weighted by atomic mass is 35.5. The van der Waals surface area contributed by atoms with Crippen LogP contribution in [-0.2, 0) is 0 Å². The highest BCUT2D eigenvalue weighted by molar-refractivity contribution is 7.11. The summed E-state index contributed by atoms with van der Waals surface area (Å²) in [6, 6.07) is 7.41. The lowest BCUT2D eigenvalue weighted by Gasteiger charge is -2.16. The van der Waals surface area contributed by atoms with E-state index in [1.165, 1.54) is 11.3 Å². The van der Waals surface area contributed by atoms with E-state index in [4.69, 9.17) is 32.7 Å². The summed E-state index contributed by atoms with van der Waals surface area (Å²) in [5, 5.41) is 2.19. The Bertz CT molecular complexity index is 517. The van der Waals surface area contributed by atoms with E-state index in [0.29, 0.717) is 16.5 Å². The third kappa shape index (κ3) is 2.44. The average Bonchev–Trinajstić information content (AvgIpc) is 2.83. The van der Waals surface area contributed by atoms with Gasteiger partial charge >= 0.3 is 0 Å². The Morgan fingerprint density at radius 3 is 2.17 bits per heavy atom. The fourth-order valence-corrected chi connectivity index (χ4v) is 3.44. The second kappa shape index (κ2) is 5.83. The van der Waals surface area contributed by atoms with Gasteiger partial charge in [-0.15, -0.1) is 22.9 Å². The summed E-state index contributed by atoms with van der Waals surface area (Å²) in [7, 11) is 3.22. The van der Waals surface area contributed by atoms with Crippen molar-refractivity contribution in [2.24, 2.45) is 0 Å². The Balaban J connectivity index is 2.52. The predicted octanol–water partition coefficient (Wildman–Crippen LogP) is 4.75. The summed E-state index contributed by atoms with van der Waals surface area (Å²) in [4.78, 5) is 0.890. The number of thiophene rings is 1. The number of benzene rings is 1. The molecule has 2 nitrogen and oxygen atoms in total. The Morgan fingerprint density at radius 1 is 1.11 bits per heavy atom. The van der Waals surface area contributed by atoms with Crippen molar-refractivity contribution in [2.45, 2.75) is 5.38 Å². The summed E-state index contributed by atoms with van der Waals surface area (Å²) >= 11 is 14.1. The fourth-order valence-electron chi connectivity index (χ4n) is 1.75. The van der Waals surface area contributed by atoms with Gasteiger partial charge in [0, 0.05) is 4.88 Å². The molecule has 0 N–H and O–H groups in total. The van der Waals surface area contributed by atoms with Gasteiger partial charge in [-0.3, -0.25) is 0 Å². The molecule has 0 amide bonds. The molecule has 18 heavy (non-hydrogen) atoms. The van der Waals surface area contributed by atoms with Gasteiger partial charge in [0.2, 0.25) is 0 Å². The summed E-state index contributed by atoms with van der Waals surface area (Å²) in [6.45, 7) is 0. The monoisotopic (exact) mass is 302 g/mol. The number of methoxy groups -OCH3 is 2. The molecule has 1 unspecified atom stereocenters. The topological polar surface area (TPSA) is 18.5 Å². The van der Waals surface area contributed by atoms with Crippen LogP contribution in [0.25, 0.3) is 0 Å². The van der Waals surface area contributed by atoms with Crippen molar-refractivity contribution in [2.75, 3.05) is 14.2 Å². The Kier molecular flexibility index (Phi) is 4.38. The molecule has 0 saturated carbocycles. The van der Waals surface area contributed by atoms with Gasteiger partial charge in [-0.25, -0.2) is 0 Å². The molecule has 5 heteroatoms. The van der Waals surface area contributed by atoms with Crippen LogP contribution in [0.15, 0.2) is 29.6 Å². The zero-order chi connectivity index (χ0) is 13.1. The zero-order valence-electron chi connectivity index (χ0n) is 9.94. The first-order valence-corrected chi connectivity index (χ1v) is 6.96. The number of hydrogen-bond donors (Lipinski definition) is 0. The minimum absolute atomic E-state index is 0.386. The number of rotatable bonds is 4. The van der Waals surface area contributed by atoms with Crippen LogP contribution in [0.3, 0.4) is 0 Å². The third-order valence-electron chi connectivity index (χ3n) is 2.59. The first kappa shape index (κ1) is 13.5. The standard InChI is InChI=1S/C13H12Cl2O2S/c1-16-9-4-3-5-10(17-2)11(9)12(15)13-8(14)6-7-18-13/h3-7,12H,1-2H3. The molecule has 1 heterocycles. The molecular weight excluding hydrogens is 291 g/mol. The van der Waals surface area contributed by atoms with E-state index in [1.807, 2.05) is 29.6 Å². The molecule has 0 saturated heterocycles. The van der Waals surface area contributed by atoms with Gasteiger partial charge in [0.25, 0.3) is 0 Å². The summed E-state index contributed by atoms with van der Waals surface area (Å²) in [5.41, 5.74) is 0.800. The van der Waals surface area contributed by atoms with Crippen molar-refractivity contribution >= 4 is 34.5 Å². The Labute approximate surface area is 120 Å². The molecule has 2 aromatic rings. The minimum Gasteiger partial charge on any atom is -0.496 e. The zero-order valence-corrected chi connectivity index (χ0v) is 12.3. The molecule has 1 atom stereocenters. The van der Waals surface area contributed by atoms with Gasteiger partial charge in [0.15, 0.2) is 0 Å². The summed E-state index contributed by atoms with van der Waals surface area (Å²) in [5.74, 6) is 1.39. The van der Waals surface area contributed by atoms with Crippen LogP contribution in [-0.4, -0.2) is 14.2 Å². The summed E-state index contributed by atoms with van der Waals surface area (Å²) in [6.07, 6.45) is 0. The number of ether oxygens (including phenoxy) is 2. The average molecular weight is 303 g/mol. The molecule has 0 aliphatic carbocycles. The lowest BCUT2D eigenvalue weighted by Crippen LogP contribution is -2.00. The van der Waals surface area contributed by atoms with Gasteiger partial charge < -0.3 is 9.47 Å². The van der Waals surface area contributed by atoms with Gasteiger partial charge in [0.1, 0.15) is 16.9 Å². The second-order valence-electron chi connectivity index (χ2n) is 3.57. The second-order valence-corrected chi connectivity index (χ2v) is 5.36. The first-order valence-electron chi connectivity index (χ1n) is 5.27. The number of alkyl halides is 1. The van der Waals surface area contributed by atoms with Crippen LogP contribution >= 0.6 is 34.5 Å². The molecule has 96 valence electrons. The minimum atomic E-state index is -0.386. The lowest BCUT2D eigenvalue weighted by molar-refractivity contribution is 0.386. The van der Waals surface area contributed by atoms with E-state index in [1.54, 1.807) is 14.2 Å². The first-order chi connectivity index (χ1) is 8.69. The van der Waals surface area contributed by atoms with Gasteiger partial charge in [-0.2, -0.15) is 0 Å². The molecule has 0 aliphatic rings. The lowest BCUT2D eigenvalue weighted by atomic mass is 10.1. The summed E-state index contributed by atoms with van der Waals surface area (Å²) < 4.78 is 10.7. The third-order valence-corrected chi connectivity index (χ3v) is 4.58. The molecule has 0 bridgehead atoms. The van der Waals surface area contributed by atoms with Crippen molar-refractivity contribution in [1.82, 2.24) is 0 Å². The van der Waals surface area contributed by atoms with Crippen molar-refractivity contribution < 1.29 is 9.47 Å². The van der Waals surface area contributed by atoms with E-state index in [9.17, 15) is 0 Å². The highest BCUT2D eigenvalue weighted by Crippen LogP contribution is 2.44. The molecule has 0 spiro atoms.